The summed E-state index contributed by atoms with van der Waals surface area (Å²) in [5, 5.41) is 2.88. The standard InChI is InChI=1S/C18H22N4O2/c1-24-15-6-4-14(5-7-15)8-9-19-18(23)16-12-21-17(13-20-16)22-10-2-3-11-22/h4-7,12-13H,2-3,8-11H2,1H3,(H,19,23). The van der Waals surface area contributed by atoms with Gasteiger partial charge in [0.05, 0.1) is 19.5 Å². The smallest absolute Gasteiger partial charge is 0.271 e. The minimum atomic E-state index is -0.191. The molecule has 2 heterocycles. The fourth-order valence-corrected chi connectivity index (χ4v) is 2.75. The van der Waals surface area contributed by atoms with E-state index in [9.17, 15) is 4.79 Å². The van der Waals surface area contributed by atoms with Gasteiger partial charge in [0.25, 0.3) is 5.91 Å². The fraction of sp³-hybridized carbons (Fsp3) is 0.389. The van der Waals surface area contributed by atoms with Gasteiger partial charge in [-0.15, -0.1) is 0 Å². The summed E-state index contributed by atoms with van der Waals surface area (Å²) in [4.78, 5) is 22.9. The second kappa shape index (κ2) is 7.77. The minimum Gasteiger partial charge on any atom is -0.497 e. The van der Waals surface area contributed by atoms with E-state index >= 15 is 0 Å². The molecule has 1 amide bonds. The van der Waals surface area contributed by atoms with Crippen molar-refractivity contribution in [2.75, 3.05) is 31.6 Å². The molecule has 1 aromatic carbocycles. The van der Waals surface area contributed by atoms with Crippen molar-refractivity contribution in [3.05, 3.63) is 47.9 Å². The van der Waals surface area contributed by atoms with E-state index in [4.69, 9.17) is 4.74 Å². The molecule has 0 saturated carbocycles. The van der Waals surface area contributed by atoms with E-state index in [0.717, 1.165) is 36.6 Å². The van der Waals surface area contributed by atoms with E-state index in [2.05, 4.69) is 20.2 Å². The van der Waals surface area contributed by atoms with E-state index in [1.807, 2.05) is 24.3 Å². The molecular formula is C18H22N4O2. The number of nitrogens with one attached hydrogen (secondary N) is 1. The average molecular weight is 326 g/mol. The van der Waals surface area contributed by atoms with Gasteiger partial charge in [-0.05, 0) is 37.0 Å². The summed E-state index contributed by atoms with van der Waals surface area (Å²) in [5.41, 5.74) is 1.50. The Balaban J connectivity index is 1.49. The topological polar surface area (TPSA) is 67.3 Å². The van der Waals surface area contributed by atoms with Crippen LogP contribution < -0.4 is 15.0 Å². The van der Waals surface area contributed by atoms with Crippen LogP contribution in [0.4, 0.5) is 5.82 Å². The molecular weight excluding hydrogens is 304 g/mol. The Bertz CT molecular complexity index is 664. The summed E-state index contributed by atoms with van der Waals surface area (Å²) in [5.74, 6) is 1.49. The molecule has 24 heavy (non-hydrogen) atoms. The predicted octanol–water partition coefficient (Wildman–Crippen LogP) is 2.06. The van der Waals surface area contributed by atoms with Crippen molar-refractivity contribution in [1.29, 1.82) is 0 Å². The van der Waals surface area contributed by atoms with Gasteiger partial charge in [-0.25, -0.2) is 9.97 Å². The van der Waals surface area contributed by atoms with Crippen molar-refractivity contribution in [3.8, 4) is 5.75 Å². The number of carbonyl (C=O) groups excluding carboxylic acids is 1. The van der Waals surface area contributed by atoms with Crippen LogP contribution in [-0.4, -0.2) is 42.6 Å². The molecule has 1 N–H and O–H groups in total. The Morgan fingerprint density at radius 2 is 1.92 bits per heavy atom. The van der Waals surface area contributed by atoms with Crippen LogP contribution in [0.1, 0.15) is 28.9 Å². The van der Waals surface area contributed by atoms with Gasteiger partial charge in [-0.2, -0.15) is 0 Å². The Morgan fingerprint density at radius 1 is 1.17 bits per heavy atom. The van der Waals surface area contributed by atoms with Gasteiger partial charge >= 0.3 is 0 Å². The Hall–Kier alpha value is -2.63. The van der Waals surface area contributed by atoms with Gasteiger partial charge in [0.1, 0.15) is 17.3 Å². The van der Waals surface area contributed by atoms with Crippen molar-refractivity contribution in [2.45, 2.75) is 19.3 Å². The number of rotatable bonds is 6. The van der Waals surface area contributed by atoms with Gasteiger partial charge in [0.2, 0.25) is 0 Å². The van der Waals surface area contributed by atoms with E-state index in [0.29, 0.717) is 12.2 Å². The normalized spacial score (nSPS) is 13.8. The van der Waals surface area contributed by atoms with Crippen LogP contribution in [0.3, 0.4) is 0 Å². The van der Waals surface area contributed by atoms with Crippen LogP contribution in [0.25, 0.3) is 0 Å². The quantitative estimate of drug-likeness (QED) is 0.880. The fourth-order valence-electron chi connectivity index (χ4n) is 2.75. The Labute approximate surface area is 141 Å². The maximum atomic E-state index is 12.1. The number of amides is 1. The van der Waals surface area contributed by atoms with Crippen LogP contribution in [0.5, 0.6) is 5.75 Å². The maximum absolute atomic E-state index is 12.1. The van der Waals surface area contributed by atoms with Crippen molar-refractivity contribution in [3.63, 3.8) is 0 Å². The monoisotopic (exact) mass is 326 g/mol. The number of hydrogen-bond acceptors (Lipinski definition) is 5. The maximum Gasteiger partial charge on any atom is 0.271 e. The van der Waals surface area contributed by atoms with Crippen molar-refractivity contribution >= 4 is 11.7 Å². The lowest BCUT2D eigenvalue weighted by Gasteiger charge is -2.15. The molecule has 0 bridgehead atoms. The highest BCUT2D eigenvalue weighted by molar-refractivity contribution is 5.92. The molecule has 1 aliphatic rings. The molecule has 3 rings (SSSR count). The largest absolute Gasteiger partial charge is 0.497 e. The molecule has 1 saturated heterocycles. The molecule has 6 heteroatoms. The Kier molecular flexibility index (Phi) is 5.25. The van der Waals surface area contributed by atoms with E-state index in [1.54, 1.807) is 19.5 Å². The molecule has 6 nitrogen and oxygen atoms in total. The summed E-state index contributed by atoms with van der Waals surface area (Å²) in [7, 11) is 1.64. The van der Waals surface area contributed by atoms with Crippen LogP contribution in [0, 0.1) is 0 Å². The summed E-state index contributed by atoms with van der Waals surface area (Å²) < 4.78 is 5.13. The Morgan fingerprint density at radius 3 is 2.54 bits per heavy atom. The van der Waals surface area contributed by atoms with Crippen molar-refractivity contribution in [1.82, 2.24) is 15.3 Å². The average Bonchev–Trinajstić information content (AvgIpc) is 3.17. The molecule has 1 fully saturated rings. The number of ether oxygens (including phenoxy) is 1. The first-order valence-electron chi connectivity index (χ1n) is 8.24. The molecule has 0 spiro atoms. The molecule has 2 aromatic rings. The first kappa shape index (κ1) is 16.2. The summed E-state index contributed by atoms with van der Waals surface area (Å²) in [6.07, 6.45) is 6.37. The minimum absolute atomic E-state index is 0.191. The molecule has 1 aliphatic heterocycles. The van der Waals surface area contributed by atoms with Gasteiger partial charge in [0.15, 0.2) is 0 Å². The number of anilines is 1. The molecule has 0 radical (unpaired) electrons. The second-order valence-electron chi connectivity index (χ2n) is 5.81. The van der Waals surface area contributed by atoms with Crippen LogP contribution in [0.15, 0.2) is 36.7 Å². The zero-order valence-electron chi connectivity index (χ0n) is 13.9. The van der Waals surface area contributed by atoms with E-state index < -0.39 is 0 Å². The molecule has 1 aromatic heterocycles. The SMILES string of the molecule is COc1ccc(CCNC(=O)c2cnc(N3CCCC3)cn2)cc1. The number of carbonyl (C=O) groups is 1. The lowest BCUT2D eigenvalue weighted by atomic mass is 10.1. The van der Waals surface area contributed by atoms with Crippen LogP contribution in [0.2, 0.25) is 0 Å². The third-order valence-corrected chi connectivity index (χ3v) is 4.16. The van der Waals surface area contributed by atoms with E-state index in [-0.39, 0.29) is 5.91 Å². The third-order valence-electron chi connectivity index (χ3n) is 4.16. The lowest BCUT2D eigenvalue weighted by molar-refractivity contribution is 0.0949. The highest BCUT2D eigenvalue weighted by Gasteiger charge is 2.15. The predicted molar refractivity (Wildman–Crippen MR) is 92.5 cm³/mol. The number of benzene rings is 1. The second-order valence-corrected chi connectivity index (χ2v) is 5.81. The van der Waals surface area contributed by atoms with Crippen molar-refractivity contribution < 1.29 is 9.53 Å². The van der Waals surface area contributed by atoms with Gasteiger partial charge in [0, 0.05) is 19.6 Å². The number of methoxy groups -OCH3 is 1. The zero-order chi connectivity index (χ0) is 16.8. The third kappa shape index (κ3) is 4.01. The summed E-state index contributed by atoms with van der Waals surface area (Å²) in [6, 6.07) is 7.82. The molecule has 0 atom stereocenters. The van der Waals surface area contributed by atoms with Crippen LogP contribution >= 0.6 is 0 Å². The lowest BCUT2D eigenvalue weighted by Crippen LogP contribution is -2.27. The zero-order valence-corrected chi connectivity index (χ0v) is 13.9. The van der Waals surface area contributed by atoms with Crippen LogP contribution in [-0.2, 0) is 6.42 Å². The molecule has 0 aliphatic carbocycles. The van der Waals surface area contributed by atoms with Crippen molar-refractivity contribution in [2.24, 2.45) is 0 Å². The first-order valence-corrected chi connectivity index (χ1v) is 8.24. The van der Waals surface area contributed by atoms with Gasteiger partial charge in [-0.1, -0.05) is 12.1 Å². The summed E-state index contributed by atoms with van der Waals surface area (Å²) in [6.45, 7) is 2.59. The molecule has 126 valence electrons. The number of hydrogen-bond donors (Lipinski definition) is 1. The molecule has 0 unspecified atom stereocenters. The van der Waals surface area contributed by atoms with Gasteiger partial charge in [-0.3, -0.25) is 4.79 Å². The number of nitrogens with zero attached hydrogens (tertiary/aromatic N) is 3. The van der Waals surface area contributed by atoms with Gasteiger partial charge < -0.3 is 15.0 Å². The highest BCUT2D eigenvalue weighted by atomic mass is 16.5. The highest BCUT2D eigenvalue weighted by Crippen LogP contribution is 2.16. The first-order chi connectivity index (χ1) is 11.8. The number of aromatic nitrogens is 2. The van der Waals surface area contributed by atoms with E-state index in [1.165, 1.54) is 12.8 Å². The summed E-state index contributed by atoms with van der Waals surface area (Å²) >= 11 is 0.